The van der Waals surface area contributed by atoms with Gasteiger partial charge in [-0.15, -0.1) is 0 Å². The molecule has 0 aliphatic carbocycles. The SMILES string of the molecule is COC(=O)c1ccc(C2C(=C(O)c3ccc(Cl)cc3)C(=O)C(=O)N2CC2CCCO2)cc1. The third-order valence-electron chi connectivity index (χ3n) is 5.73. The van der Waals surface area contributed by atoms with Crippen molar-refractivity contribution in [3.05, 3.63) is 75.8 Å². The molecule has 0 bridgehead atoms. The Kier molecular flexibility index (Phi) is 6.30. The van der Waals surface area contributed by atoms with Crippen molar-refractivity contribution in [2.45, 2.75) is 25.0 Å². The number of carbonyl (C=O) groups is 3. The van der Waals surface area contributed by atoms with E-state index in [0.29, 0.717) is 28.3 Å². The van der Waals surface area contributed by atoms with Crippen LogP contribution in [0.15, 0.2) is 54.1 Å². The molecule has 2 aromatic carbocycles. The van der Waals surface area contributed by atoms with Crippen molar-refractivity contribution in [3.63, 3.8) is 0 Å². The van der Waals surface area contributed by atoms with E-state index in [9.17, 15) is 19.5 Å². The maximum absolute atomic E-state index is 13.0. The van der Waals surface area contributed by atoms with E-state index in [1.165, 1.54) is 12.0 Å². The van der Waals surface area contributed by atoms with Crippen LogP contribution in [0.2, 0.25) is 5.02 Å². The Bertz CT molecular complexity index is 1070. The van der Waals surface area contributed by atoms with Gasteiger partial charge in [-0.05, 0) is 54.8 Å². The standard InChI is InChI=1S/C24H22ClNO6/c1-31-24(30)16-6-4-14(5-7-16)20-19(21(27)15-8-10-17(25)11-9-15)22(28)23(29)26(20)13-18-3-2-12-32-18/h4-11,18,20,27H,2-3,12-13H2,1H3. The van der Waals surface area contributed by atoms with Crippen LogP contribution < -0.4 is 0 Å². The molecule has 0 radical (unpaired) electrons. The fourth-order valence-electron chi connectivity index (χ4n) is 4.11. The molecule has 4 rings (SSSR count). The number of esters is 1. The van der Waals surface area contributed by atoms with Crippen LogP contribution in [0.3, 0.4) is 0 Å². The van der Waals surface area contributed by atoms with Crippen LogP contribution in [0.25, 0.3) is 5.76 Å². The summed E-state index contributed by atoms with van der Waals surface area (Å²) in [7, 11) is 1.29. The first-order valence-electron chi connectivity index (χ1n) is 10.2. The number of benzene rings is 2. The molecule has 8 heteroatoms. The monoisotopic (exact) mass is 455 g/mol. The Morgan fingerprint density at radius 3 is 2.38 bits per heavy atom. The Hall–Kier alpha value is -3.16. The maximum atomic E-state index is 13.0. The van der Waals surface area contributed by atoms with Gasteiger partial charge in [0.2, 0.25) is 0 Å². The van der Waals surface area contributed by atoms with Crippen LogP contribution in [0.4, 0.5) is 0 Å². The molecule has 1 N–H and O–H groups in total. The van der Waals surface area contributed by atoms with Crippen LogP contribution in [-0.2, 0) is 19.1 Å². The second-order valence-corrected chi connectivity index (χ2v) is 8.14. The molecule has 1 amide bonds. The lowest BCUT2D eigenvalue weighted by atomic mass is 9.94. The van der Waals surface area contributed by atoms with Gasteiger partial charge in [0.15, 0.2) is 0 Å². The van der Waals surface area contributed by atoms with E-state index >= 15 is 0 Å². The van der Waals surface area contributed by atoms with Gasteiger partial charge < -0.3 is 19.5 Å². The van der Waals surface area contributed by atoms with Gasteiger partial charge in [-0.2, -0.15) is 0 Å². The Morgan fingerprint density at radius 1 is 1.12 bits per heavy atom. The van der Waals surface area contributed by atoms with Crippen LogP contribution in [-0.4, -0.2) is 54.0 Å². The highest BCUT2D eigenvalue weighted by Crippen LogP contribution is 2.40. The van der Waals surface area contributed by atoms with E-state index in [1.54, 1.807) is 48.5 Å². The molecule has 0 spiro atoms. The zero-order valence-corrected chi connectivity index (χ0v) is 18.2. The van der Waals surface area contributed by atoms with E-state index in [1.807, 2.05) is 0 Å². The van der Waals surface area contributed by atoms with Gasteiger partial charge >= 0.3 is 5.97 Å². The van der Waals surface area contributed by atoms with Gasteiger partial charge in [0, 0.05) is 23.7 Å². The summed E-state index contributed by atoms with van der Waals surface area (Å²) >= 11 is 5.94. The third-order valence-corrected chi connectivity index (χ3v) is 5.98. The van der Waals surface area contributed by atoms with Crippen molar-refractivity contribution < 1.29 is 29.0 Å². The normalized spacial score (nSPS) is 22.4. The number of aliphatic hydroxyl groups is 1. The molecular formula is C24H22ClNO6. The summed E-state index contributed by atoms with van der Waals surface area (Å²) in [5.74, 6) is -2.24. The van der Waals surface area contributed by atoms with Gasteiger partial charge in [-0.25, -0.2) is 4.79 Å². The molecule has 2 aliphatic heterocycles. The summed E-state index contributed by atoms with van der Waals surface area (Å²) in [5, 5.41) is 11.5. The van der Waals surface area contributed by atoms with Gasteiger partial charge in [-0.3, -0.25) is 9.59 Å². The first kappa shape index (κ1) is 22.0. The van der Waals surface area contributed by atoms with Gasteiger partial charge in [0.1, 0.15) is 5.76 Å². The molecule has 2 unspecified atom stereocenters. The number of rotatable bonds is 5. The molecule has 7 nitrogen and oxygen atoms in total. The summed E-state index contributed by atoms with van der Waals surface area (Å²) in [6, 6.07) is 12.0. The number of methoxy groups -OCH3 is 1. The molecule has 0 aromatic heterocycles. The topological polar surface area (TPSA) is 93.1 Å². The summed E-state index contributed by atoms with van der Waals surface area (Å²) in [4.78, 5) is 39.3. The maximum Gasteiger partial charge on any atom is 0.337 e. The van der Waals surface area contributed by atoms with Gasteiger partial charge in [0.05, 0.1) is 30.4 Å². The number of ketones is 1. The van der Waals surface area contributed by atoms with Crippen molar-refractivity contribution in [1.29, 1.82) is 0 Å². The highest BCUT2D eigenvalue weighted by Gasteiger charge is 2.47. The van der Waals surface area contributed by atoms with Crippen LogP contribution >= 0.6 is 11.6 Å². The van der Waals surface area contributed by atoms with Crippen LogP contribution in [0.1, 0.15) is 40.4 Å². The Labute approximate surface area is 190 Å². The average molecular weight is 456 g/mol. The molecular weight excluding hydrogens is 434 g/mol. The predicted octanol–water partition coefficient (Wildman–Crippen LogP) is 3.73. The largest absolute Gasteiger partial charge is 0.507 e. The lowest BCUT2D eigenvalue weighted by Gasteiger charge is -2.27. The van der Waals surface area contributed by atoms with Crippen LogP contribution in [0.5, 0.6) is 0 Å². The highest BCUT2D eigenvalue weighted by atomic mass is 35.5. The second kappa shape index (κ2) is 9.14. The number of aliphatic hydroxyl groups excluding tert-OH is 1. The quantitative estimate of drug-likeness (QED) is 0.319. The molecule has 166 valence electrons. The summed E-state index contributed by atoms with van der Waals surface area (Å²) in [5.41, 5.74) is 1.29. The van der Waals surface area contributed by atoms with E-state index in [4.69, 9.17) is 21.1 Å². The van der Waals surface area contributed by atoms with E-state index < -0.39 is 23.7 Å². The Morgan fingerprint density at radius 2 is 1.78 bits per heavy atom. The molecule has 32 heavy (non-hydrogen) atoms. The van der Waals surface area contributed by atoms with E-state index in [2.05, 4.69) is 0 Å². The van der Waals surface area contributed by atoms with E-state index in [0.717, 1.165) is 12.8 Å². The number of hydrogen-bond acceptors (Lipinski definition) is 6. The zero-order valence-electron chi connectivity index (χ0n) is 17.4. The fraction of sp³-hybridized carbons (Fsp3) is 0.292. The molecule has 0 saturated carbocycles. The zero-order chi connectivity index (χ0) is 22.8. The summed E-state index contributed by atoms with van der Waals surface area (Å²) in [6.07, 6.45) is 1.49. The van der Waals surface area contributed by atoms with Crippen molar-refractivity contribution in [2.75, 3.05) is 20.3 Å². The van der Waals surface area contributed by atoms with Crippen LogP contribution in [0, 0.1) is 0 Å². The molecule has 2 aliphatic rings. The number of likely N-dealkylation sites (tertiary alicyclic amines) is 1. The minimum absolute atomic E-state index is 0.0128. The lowest BCUT2D eigenvalue weighted by molar-refractivity contribution is -0.140. The number of hydrogen-bond donors (Lipinski definition) is 1. The lowest BCUT2D eigenvalue weighted by Crippen LogP contribution is -2.36. The number of carbonyl (C=O) groups excluding carboxylic acids is 3. The van der Waals surface area contributed by atoms with Gasteiger partial charge in [0.25, 0.3) is 11.7 Å². The molecule has 2 heterocycles. The minimum Gasteiger partial charge on any atom is -0.507 e. The predicted molar refractivity (Wildman–Crippen MR) is 117 cm³/mol. The number of nitrogens with zero attached hydrogens (tertiary/aromatic N) is 1. The molecule has 2 fully saturated rings. The molecule has 2 atom stereocenters. The summed E-state index contributed by atoms with van der Waals surface area (Å²) in [6.45, 7) is 0.837. The number of Topliss-reactive ketones (excluding diaryl/α,β-unsaturated/α-hetero) is 1. The first-order valence-corrected chi connectivity index (χ1v) is 10.6. The number of halogens is 1. The fourth-order valence-corrected chi connectivity index (χ4v) is 4.23. The molecule has 2 aromatic rings. The van der Waals surface area contributed by atoms with Gasteiger partial charge in [-0.1, -0.05) is 23.7 Å². The van der Waals surface area contributed by atoms with Crippen molar-refractivity contribution in [2.24, 2.45) is 0 Å². The van der Waals surface area contributed by atoms with Crippen molar-refractivity contribution in [3.8, 4) is 0 Å². The Balaban J connectivity index is 1.80. The van der Waals surface area contributed by atoms with E-state index in [-0.39, 0.29) is 24.0 Å². The average Bonchev–Trinajstić information content (AvgIpc) is 3.41. The van der Waals surface area contributed by atoms with Crippen molar-refractivity contribution in [1.82, 2.24) is 4.90 Å². The summed E-state index contributed by atoms with van der Waals surface area (Å²) < 4.78 is 10.4. The van der Waals surface area contributed by atoms with Crippen molar-refractivity contribution >= 4 is 35.0 Å². The third kappa shape index (κ3) is 4.13. The first-order chi connectivity index (χ1) is 15.4. The smallest absolute Gasteiger partial charge is 0.337 e. The number of amides is 1. The highest BCUT2D eigenvalue weighted by molar-refractivity contribution is 6.46. The number of ether oxygens (including phenoxy) is 2. The second-order valence-electron chi connectivity index (χ2n) is 7.71. The minimum atomic E-state index is -0.818. The molecule has 2 saturated heterocycles.